The van der Waals surface area contributed by atoms with Crippen LogP contribution in [-0.2, 0) is 28.5 Å². The molecule has 0 heterocycles. The number of carbonyl (C=O) groups excluding carboxylic acids is 4. The summed E-state index contributed by atoms with van der Waals surface area (Å²) in [5.41, 5.74) is 0.270. The third kappa shape index (κ3) is 6.46. The van der Waals surface area contributed by atoms with Crippen molar-refractivity contribution in [1.82, 2.24) is 0 Å². The van der Waals surface area contributed by atoms with Gasteiger partial charge in [-0.15, -0.1) is 0 Å². The van der Waals surface area contributed by atoms with Crippen molar-refractivity contribution in [1.29, 1.82) is 0 Å². The van der Waals surface area contributed by atoms with Crippen LogP contribution in [0, 0.1) is 0 Å². The minimum atomic E-state index is -1.83. The number of rotatable bonds is 8. The smallest absolute Gasteiger partial charge is 0.338 e. The van der Waals surface area contributed by atoms with E-state index in [4.69, 9.17) is 18.9 Å². The number of esters is 4. The van der Waals surface area contributed by atoms with Gasteiger partial charge in [-0.05, 0) is 30.7 Å². The summed E-state index contributed by atoms with van der Waals surface area (Å²) in [6.07, 6.45) is -9.71. The average molecular weight is 501 g/mol. The van der Waals surface area contributed by atoms with Crippen LogP contribution in [0.3, 0.4) is 0 Å². The summed E-state index contributed by atoms with van der Waals surface area (Å²) in [7, 11) is 0. The van der Waals surface area contributed by atoms with Crippen molar-refractivity contribution in [3.63, 3.8) is 0 Å². The van der Waals surface area contributed by atoms with Gasteiger partial charge in [-0.2, -0.15) is 0 Å². The van der Waals surface area contributed by atoms with Crippen molar-refractivity contribution in [3.8, 4) is 0 Å². The molecule has 1 saturated carbocycles. The van der Waals surface area contributed by atoms with Crippen LogP contribution < -0.4 is 0 Å². The molecule has 3 rings (SSSR count). The highest BCUT2D eigenvalue weighted by Crippen LogP contribution is 2.32. The molecule has 6 atom stereocenters. The highest BCUT2D eigenvalue weighted by Gasteiger charge is 2.57. The van der Waals surface area contributed by atoms with Gasteiger partial charge in [-0.3, -0.25) is 9.59 Å². The maximum absolute atomic E-state index is 12.8. The largest absolute Gasteiger partial charge is 0.455 e. The molecule has 0 aromatic heterocycles. The van der Waals surface area contributed by atoms with Crippen molar-refractivity contribution in [3.05, 3.63) is 71.8 Å². The van der Waals surface area contributed by atoms with Gasteiger partial charge in [-0.1, -0.05) is 43.3 Å². The van der Waals surface area contributed by atoms with Crippen LogP contribution in [0.15, 0.2) is 60.7 Å². The van der Waals surface area contributed by atoms with E-state index in [1.165, 1.54) is 24.3 Å². The number of carbonyl (C=O) groups is 4. The van der Waals surface area contributed by atoms with Crippen LogP contribution >= 0.6 is 0 Å². The lowest BCUT2D eigenvalue weighted by Gasteiger charge is -2.45. The molecular formula is C26H28O10. The molecule has 2 N–H and O–H groups in total. The molecule has 10 heteroatoms. The lowest BCUT2D eigenvalue weighted by Crippen LogP contribution is -2.67. The Kier molecular flexibility index (Phi) is 9.15. The second-order valence-corrected chi connectivity index (χ2v) is 8.23. The van der Waals surface area contributed by atoms with Crippen LogP contribution in [-0.4, -0.2) is 70.7 Å². The minimum Gasteiger partial charge on any atom is -0.455 e. The van der Waals surface area contributed by atoms with E-state index in [-0.39, 0.29) is 17.5 Å². The van der Waals surface area contributed by atoms with Gasteiger partial charge in [0.05, 0.1) is 11.1 Å². The Labute approximate surface area is 207 Å². The van der Waals surface area contributed by atoms with E-state index in [9.17, 15) is 29.4 Å². The topological polar surface area (TPSA) is 146 Å². The van der Waals surface area contributed by atoms with Gasteiger partial charge in [-0.25, -0.2) is 9.59 Å². The lowest BCUT2D eigenvalue weighted by atomic mass is 9.84. The number of hydrogen-bond acceptors (Lipinski definition) is 10. The second kappa shape index (κ2) is 12.3. The van der Waals surface area contributed by atoms with Crippen molar-refractivity contribution in [2.24, 2.45) is 0 Å². The van der Waals surface area contributed by atoms with E-state index in [0.29, 0.717) is 6.42 Å². The van der Waals surface area contributed by atoms with Crippen molar-refractivity contribution in [2.45, 2.75) is 63.3 Å². The highest BCUT2D eigenvalue weighted by molar-refractivity contribution is 5.90. The molecule has 2 aromatic rings. The molecule has 0 unspecified atom stereocenters. The Balaban J connectivity index is 1.96. The van der Waals surface area contributed by atoms with Gasteiger partial charge in [0.2, 0.25) is 0 Å². The monoisotopic (exact) mass is 500 g/mol. The molecule has 2 aromatic carbocycles. The third-order valence-electron chi connectivity index (χ3n) is 5.52. The number of aliphatic hydroxyl groups is 2. The first kappa shape index (κ1) is 26.8. The van der Waals surface area contributed by atoms with Crippen molar-refractivity contribution >= 4 is 23.9 Å². The fourth-order valence-corrected chi connectivity index (χ4v) is 3.84. The summed E-state index contributed by atoms with van der Waals surface area (Å²) in [5.74, 6) is -3.31. The Hall–Kier alpha value is -3.76. The second-order valence-electron chi connectivity index (χ2n) is 8.23. The van der Waals surface area contributed by atoms with Crippen LogP contribution in [0.2, 0.25) is 0 Å². The Morgan fingerprint density at radius 2 is 1.11 bits per heavy atom. The summed E-state index contributed by atoms with van der Waals surface area (Å²) < 4.78 is 21.5. The van der Waals surface area contributed by atoms with Crippen LogP contribution in [0.5, 0.6) is 0 Å². The van der Waals surface area contributed by atoms with Crippen LogP contribution in [0.1, 0.15) is 47.4 Å². The molecule has 0 bridgehead atoms. The molecule has 1 aliphatic rings. The zero-order chi connectivity index (χ0) is 26.2. The Morgan fingerprint density at radius 1 is 0.667 bits per heavy atom. The number of benzene rings is 2. The molecular weight excluding hydrogens is 472 g/mol. The van der Waals surface area contributed by atoms with Crippen LogP contribution in [0.25, 0.3) is 0 Å². The summed E-state index contributed by atoms with van der Waals surface area (Å²) in [6, 6.07) is 15.7. The van der Waals surface area contributed by atoms with E-state index in [1.54, 1.807) is 43.3 Å². The zero-order valence-corrected chi connectivity index (χ0v) is 19.8. The van der Waals surface area contributed by atoms with E-state index < -0.39 is 60.5 Å². The maximum Gasteiger partial charge on any atom is 0.338 e. The first-order valence-electron chi connectivity index (χ1n) is 11.5. The van der Waals surface area contributed by atoms with Crippen LogP contribution in [0.4, 0.5) is 0 Å². The summed E-state index contributed by atoms with van der Waals surface area (Å²) in [6.45, 7) is 2.81. The number of ether oxygens (including phenoxy) is 4. The zero-order valence-electron chi connectivity index (χ0n) is 19.8. The fourth-order valence-electron chi connectivity index (χ4n) is 3.84. The molecule has 0 radical (unpaired) electrons. The van der Waals surface area contributed by atoms with Gasteiger partial charge >= 0.3 is 23.9 Å². The molecule has 1 fully saturated rings. The van der Waals surface area contributed by atoms with Gasteiger partial charge < -0.3 is 29.2 Å². The van der Waals surface area contributed by atoms with Gasteiger partial charge in [0.15, 0.2) is 24.4 Å². The maximum atomic E-state index is 12.8. The molecule has 0 amide bonds. The highest BCUT2D eigenvalue weighted by atomic mass is 16.6. The van der Waals surface area contributed by atoms with E-state index in [2.05, 4.69) is 0 Å². The molecule has 10 nitrogen and oxygen atoms in total. The van der Waals surface area contributed by atoms with Gasteiger partial charge in [0.25, 0.3) is 0 Å². The SMILES string of the molecule is CCCC(=O)O[C@@H]1[C@H](OC(C)=O)[C@H](O)[C@@H](OC(=O)c2ccccc2)[C@H](O)[C@H]1OC(=O)c1ccccc1. The first-order chi connectivity index (χ1) is 17.2. The van der Waals surface area contributed by atoms with Gasteiger partial charge in [0.1, 0.15) is 12.2 Å². The average Bonchev–Trinajstić information content (AvgIpc) is 2.87. The molecule has 0 saturated heterocycles. The normalized spacial score (nSPS) is 25.3. The quantitative estimate of drug-likeness (QED) is 0.406. The fraction of sp³-hybridized carbons (Fsp3) is 0.385. The molecule has 36 heavy (non-hydrogen) atoms. The van der Waals surface area contributed by atoms with Crippen molar-refractivity contribution < 1.29 is 48.3 Å². The predicted molar refractivity (Wildman–Crippen MR) is 124 cm³/mol. The van der Waals surface area contributed by atoms with Gasteiger partial charge in [0, 0.05) is 13.3 Å². The molecule has 0 aliphatic heterocycles. The summed E-state index contributed by atoms with van der Waals surface area (Å²) >= 11 is 0. The van der Waals surface area contributed by atoms with E-state index >= 15 is 0 Å². The predicted octanol–water partition coefficient (Wildman–Crippen LogP) is 1.82. The molecule has 0 spiro atoms. The van der Waals surface area contributed by atoms with E-state index in [0.717, 1.165) is 6.92 Å². The van der Waals surface area contributed by atoms with Crippen molar-refractivity contribution in [2.75, 3.05) is 0 Å². The van der Waals surface area contributed by atoms with E-state index in [1.807, 2.05) is 0 Å². The Morgan fingerprint density at radius 3 is 1.56 bits per heavy atom. The molecule has 192 valence electrons. The summed E-state index contributed by atoms with van der Waals surface area (Å²) in [5, 5.41) is 22.1. The first-order valence-corrected chi connectivity index (χ1v) is 11.5. The minimum absolute atomic E-state index is 0.0126. The lowest BCUT2D eigenvalue weighted by molar-refractivity contribution is -0.240. The molecule has 1 aliphatic carbocycles. The number of aliphatic hydroxyl groups excluding tert-OH is 2. The number of hydrogen-bond donors (Lipinski definition) is 2. The Bertz CT molecular complexity index is 1050. The third-order valence-corrected chi connectivity index (χ3v) is 5.52. The summed E-state index contributed by atoms with van der Waals surface area (Å²) in [4.78, 5) is 49.7. The standard InChI is InChI=1S/C26H28O10/c1-3-10-18(28)34-24-22(33-15(2)27)19(29)21(35-25(31)16-11-6-4-7-12-16)20(30)23(24)36-26(32)17-13-8-5-9-14-17/h4-9,11-14,19-24,29-30H,3,10H2,1-2H3/t19-,20+,21-,22-,23-,24-/m1/s1.